The minimum Gasteiger partial charge on any atom is -0.320 e. The highest BCUT2D eigenvalue weighted by molar-refractivity contribution is 5.94. The Morgan fingerprint density at radius 3 is 2.95 bits per heavy atom. The van der Waals surface area contributed by atoms with Crippen molar-refractivity contribution in [3.63, 3.8) is 0 Å². The molecule has 1 aliphatic heterocycles. The van der Waals surface area contributed by atoms with Gasteiger partial charge in [0.25, 0.3) is 5.69 Å². The third-order valence-corrected chi connectivity index (χ3v) is 3.28. The molecule has 1 aromatic carbocycles. The topological polar surface area (TPSA) is 84.3 Å². The van der Waals surface area contributed by atoms with Crippen LogP contribution in [0.25, 0.3) is 0 Å². The van der Waals surface area contributed by atoms with Crippen molar-refractivity contribution in [1.29, 1.82) is 0 Å². The molecule has 1 amide bonds. The van der Waals surface area contributed by atoms with Crippen molar-refractivity contribution < 1.29 is 9.72 Å². The van der Waals surface area contributed by atoms with Gasteiger partial charge in [0.2, 0.25) is 5.91 Å². The zero-order chi connectivity index (χ0) is 13.8. The first kappa shape index (κ1) is 13.5. The molecule has 1 fully saturated rings. The van der Waals surface area contributed by atoms with Crippen LogP contribution in [-0.4, -0.2) is 23.9 Å². The monoisotopic (exact) mass is 263 g/mol. The Kier molecular flexibility index (Phi) is 4.11. The van der Waals surface area contributed by atoms with Gasteiger partial charge in [-0.3, -0.25) is 14.9 Å². The van der Waals surface area contributed by atoms with Crippen LogP contribution in [0, 0.1) is 23.0 Å². The summed E-state index contributed by atoms with van der Waals surface area (Å²) in [7, 11) is 0. The van der Waals surface area contributed by atoms with E-state index in [0.717, 1.165) is 24.9 Å². The molecule has 2 N–H and O–H groups in total. The third kappa shape index (κ3) is 3.29. The molecule has 1 aromatic rings. The lowest BCUT2D eigenvalue weighted by molar-refractivity contribution is -0.384. The van der Waals surface area contributed by atoms with Gasteiger partial charge in [0.05, 0.1) is 10.8 Å². The van der Waals surface area contributed by atoms with Crippen LogP contribution in [0.1, 0.15) is 18.4 Å². The molecule has 1 saturated heterocycles. The number of nitrogens with one attached hydrogen (secondary N) is 2. The minimum atomic E-state index is -0.471. The highest BCUT2D eigenvalue weighted by atomic mass is 16.6. The summed E-state index contributed by atoms with van der Waals surface area (Å²) in [5.74, 6) is -0.270. The molecule has 1 heterocycles. The van der Waals surface area contributed by atoms with Gasteiger partial charge in [0, 0.05) is 12.6 Å². The van der Waals surface area contributed by atoms with E-state index in [4.69, 9.17) is 0 Å². The maximum atomic E-state index is 12.1. The van der Waals surface area contributed by atoms with Gasteiger partial charge in [-0.05, 0) is 37.9 Å². The maximum Gasteiger partial charge on any atom is 0.293 e. The van der Waals surface area contributed by atoms with Crippen LogP contribution in [0.4, 0.5) is 11.4 Å². The van der Waals surface area contributed by atoms with Crippen LogP contribution in [0.2, 0.25) is 0 Å². The molecule has 102 valence electrons. The van der Waals surface area contributed by atoms with Crippen LogP contribution >= 0.6 is 0 Å². The second-order valence-corrected chi connectivity index (χ2v) is 4.81. The van der Waals surface area contributed by atoms with E-state index in [1.165, 1.54) is 6.07 Å². The molecule has 6 nitrogen and oxygen atoms in total. The number of hydrogen-bond donors (Lipinski definition) is 2. The molecule has 2 rings (SSSR count). The summed E-state index contributed by atoms with van der Waals surface area (Å²) in [6.07, 6.45) is 1.77. The summed E-state index contributed by atoms with van der Waals surface area (Å²) in [4.78, 5) is 22.6. The Labute approximate surface area is 111 Å². The van der Waals surface area contributed by atoms with Crippen LogP contribution in [0.5, 0.6) is 0 Å². The summed E-state index contributed by atoms with van der Waals surface area (Å²) >= 11 is 0. The van der Waals surface area contributed by atoms with Crippen LogP contribution in [-0.2, 0) is 4.79 Å². The molecule has 0 radical (unpaired) electrons. The van der Waals surface area contributed by atoms with Gasteiger partial charge in [-0.25, -0.2) is 0 Å². The van der Waals surface area contributed by atoms with Gasteiger partial charge in [-0.2, -0.15) is 0 Å². The normalized spacial score (nSPS) is 18.9. The molecular formula is C13H17N3O3. The number of benzene rings is 1. The zero-order valence-corrected chi connectivity index (χ0v) is 10.8. The number of amides is 1. The highest BCUT2D eigenvalue weighted by Crippen LogP contribution is 2.26. The first-order chi connectivity index (χ1) is 9.08. The van der Waals surface area contributed by atoms with E-state index in [0.29, 0.717) is 6.54 Å². The number of nitrogens with zero attached hydrogens (tertiary/aromatic N) is 1. The lowest BCUT2D eigenvalue weighted by atomic mass is 9.98. The minimum absolute atomic E-state index is 0.0582. The summed E-state index contributed by atoms with van der Waals surface area (Å²) in [5.41, 5.74) is 1.01. The number of piperidine rings is 1. The molecule has 0 spiro atoms. The van der Waals surface area contributed by atoms with Gasteiger partial charge in [0.1, 0.15) is 5.69 Å². The quantitative estimate of drug-likeness (QED) is 0.643. The second-order valence-electron chi connectivity index (χ2n) is 4.81. The van der Waals surface area contributed by atoms with Gasteiger partial charge < -0.3 is 10.6 Å². The summed E-state index contributed by atoms with van der Waals surface area (Å²) in [6, 6.07) is 4.80. The molecule has 0 aromatic heterocycles. The van der Waals surface area contributed by atoms with E-state index in [2.05, 4.69) is 10.6 Å². The number of carbonyl (C=O) groups is 1. The van der Waals surface area contributed by atoms with Crippen molar-refractivity contribution in [2.45, 2.75) is 19.8 Å². The van der Waals surface area contributed by atoms with Crippen molar-refractivity contribution in [1.82, 2.24) is 5.32 Å². The number of hydrogen-bond acceptors (Lipinski definition) is 4. The van der Waals surface area contributed by atoms with E-state index in [9.17, 15) is 14.9 Å². The smallest absolute Gasteiger partial charge is 0.293 e. The number of nitro benzene ring substituents is 1. The molecular weight excluding hydrogens is 246 g/mol. The highest BCUT2D eigenvalue weighted by Gasteiger charge is 2.23. The molecule has 1 atom stereocenters. The first-order valence-corrected chi connectivity index (χ1v) is 6.34. The Morgan fingerprint density at radius 2 is 2.32 bits per heavy atom. The fraction of sp³-hybridized carbons (Fsp3) is 0.462. The van der Waals surface area contributed by atoms with Crippen LogP contribution in [0.3, 0.4) is 0 Å². The summed E-state index contributed by atoms with van der Waals surface area (Å²) in [6.45, 7) is 3.34. The SMILES string of the molecule is Cc1ccc(NC(=O)[C@@H]2CCCNC2)c([N+](=O)[O-])c1. The Bertz CT molecular complexity index is 496. The molecule has 6 heteroatoms. The van der Waals surface area contributed by atoms with Crippen LogP contribution < -0.4 is 10.6 Å². The number of carbonyl (C=O) groups excluding carboxylic acids is 1. The Balaban J connectivity index is 2.13. The largest absolute Gasteiger partial charge is 0.320 e. The predicted octanol–water partition coefficient (Wildman–Crippen LogP) is 1.84. The van der Waals surface area contributed by atoms with Crippen molar-refractivity contribution in [3.05, 3.63) is 33.9 Å². The summed E-state index contributed by atoms with van der Waals surface area (Å²) in [5, 5.41) is 16.8. The Morgan fingerprint density at radius 1 is 1.53 bits per heavy atom. The molecule has 1 aliphatic rings. The molecule has 0 unspecified atom stereocenters. The first-order valence-electron chi connectivity index (χ1n) is 6.34. The Hall–Kier alpha value is -1.95. The molecule has 0 saturated carbocycles. The average molecular weight is 263 g/mol. The number of anilines is 1. The second kappa shape index (κ2) is 5.79. The van der Waals surface area contributed by atoms with Gasteiger partial charge in [-0.1, -0.05) is 6.07 Å². The maximum absolute atomic E-state index is 12.1. The van der Waals surface area contributed by atoms with Crippen molar-refractivity contribution in [2.75, 3.05) is 18.4 Å². The standard InChI is InChI=1S/C13H17N3O3/c1-9-4-5-11(12(7-9)16(18)19)15-13(17)10-3-2-6-14-8-10/h4-5,7,10,14H,2-3,6,8H2,1H3,(H,15,17)/t10-/m1/s1. The molecule has 0 aliphatic carbocycles. The van der Waals surface area contributed by atoms with E-state index in [-0.39, 0.29) is 23.2 Å². The van der Waals surface area contributed by atoms with Gasteiger partial charge >= 0.3 is 0 Å². The van der Waals surface area contributed by atoms with Crippen molar-refractivity contribution in [3.8, 4) is 0 Å². The van der Waals surface area contributed by atoms with Crippen molar-refractivity contribution in [2.24, 2.45) is 5.92 Å². The fourth-order valence-electron chi connectivity index (χ4n) is 2.21. The van der Waals surface area contributed by atoms with Crippen LogP contribution in [0.15, 0.2) is 18.2 Å². The molecule has 0 bridgehead atoms. The van der Waals surface area contributed by atoms with E-state index >= 15 is 0 Å². The average Bonchev–Trinajstić information content (AvgIpc) is 2.41. The predicted molar refractivity (Wildman–Crippen MR) is 72.1 cm³/mol. The van der Waals surface area contributed by atoms with Crippen molar-refractivity contribution >= 4 is 17.3 Å². The lowest BCUT2D eigenvalue weighted by Crippen LogP contribution is -2.37. The van der Waals surface area contributed by atoms with Gasteiger partial charge in [-0.15, -0.1) is 0 Å². The molecule has 19 heavy (non-hydrogen) atoms. The van der Waals surface area contributed by atoms with E-state index in [1.807, 2.05) is 0 Å². The number of nitro groups is 1. The fourth-order valence-corrected chi connectivity index (χ4v) is 2.21. The number of rotatable bonds is 3. The third-order valence-electron chi connectivity index (χ3n) is 3.28. The number of aryl methyl sites for hydroxylation is 1. The lowest BCUT2D eigenvalue weighted by Gasteiger charge is -2.21. The van der Waals surface area contributed by atoms with Gasteiger partial charge in [0.15, 0.2) is 0 Å². The summed E-state index contributed by atoms with van der Waals surface area (Å²) < 4.78 is 0. The van der Waals surface area contributed by atoms with E-state index < -0.39 is 4.92 Å². The zero-order valence-electron chi connectivity index (χ0n) is 10.8. The van der Waals surface area contributed by atoms with E-state index in [1.54, 1.807) is 19.1 Å².